The Morgan fingerprint density at radius 2 is 1.38 bits per heavy atom. The number of rotatable bonds is 12. The predicted molar refractivity (Wildman–Crippen MR) is 126 cm³/mol. The fourth-order valence-electron chi connectivity index (χ4n) is 3.46. The summed E-state index contributed by atoms with van der Waals surface area (Å²) in [5.41, 5.74) is 0.0701. The molecule has 0 radical (unpaired) electrons. The van der Waals surface area contributed by atoms with E-state index in [1.807, 2.05) is 0 Å². The minimum absolute atomic E-state index is 0.0701. The lowest BCUT2D eigenvalue weighted by molar-refractivity contribution is -0.273. The van der Waals surface area contributed by atoms with Crippen molar-refractivity contribution in [2.75, 3.05) is 20.2 Å². The summed E-state index contributed by atoms with van der Waals surface area (Å²) in [7, 11) is -15.6. The molecule has 3 amide bonds. The SMILES string of the molecule is CO[C@H]1O[C@H](CNC(=O)CN(C(C)=O)C(=O)c2ccccc2)[C@@H](OS(=O)(=O)O)[C@H](OS(=O)(=O)O)[C@@H]1OS(=O)(=O)O. The second kappa shape index (κ2) is 13.3. The number of imide groups is 1. The zero-order chi connectivity index (χ0) is 30.5. The number of carbonyl (C=O) groups is 3. The van der Waals surface area contributed by atoms with E-state index in [1.54, 1.807) is 6.07 Å². The molecule has 0 saturated carbocycles. The zero-order valence-electron chi connectivity index (χ0n) is 20.4. The number of hydrogen-bond acceptors (Lipinski definition) is 14. The summed E-state index contributed by atoms with van der Waals surface area (Å²) in [4.78, 5) is 37.8. The molecule has 0 unspecified atom stereocenters. The third-order valence-electron chi connectivity index (χ3n) is 4.97. The largest absolute Gasteiger partial charge is 0.397 e. The monoisotopic (exact) mass is 636 g/mol. The molecule has 1 heterocycles. The Bertz CT molecular complexity index is 1400. The van der Waals surface area contributed by atoms with Crippen LogP contribution in [0.5, 0.6) is 0 Å². The lowest BCUT2D eigenvalue weighted by atomic mass is 9.99. The van der Waals surface area contributed by atoms with Crippen molar-refractivity contribution in [2.45, 2.75) is 37.6 Å². The number of nitrogens with one attached hydrogen (secondary N) is 1. The van der Waals surface area contributed by atoms with Crippen molar-refractivity contribution in [3.05, 3.63) is 35.9 Å². The number of amides is 3. The molecule has 1 aliphatic rings. The summed E-state index contributed by atoms with van der Waals surface area (Å²) < 4.78 is 119. The van der Waals surface area contributed by atoms with Gasteiger partial charge in [0.1, 0.15) is 24.9 Å². The van der Waals surface area contributed by atoms with Crippen LogP contribution >= 0.6 is 0 Å². The number of nitrogens with zero attached hydrogens (tertiary/aromatic N) is 1. The summed E-state index contributed by atoms with van der Waals surface area (Å²) in [6.07, 6.45) is -11.2. The number of methoxy groups -OCH3 is 1. The van der Waals surface area contributed by atoms with Crippen molar-refractivity contribution in [1.82, 2.24) is 10.2 Å². The first-order valence-electron chi connectivity index (χ1n) is 10.6. The zero-order valence-corrected chi connectivity index (χ0v) is 22.9. The molecular weight excluding hydrogens is 612 g/mol. The molecular formula is C18H24N2O17S3. The molecule has 2 rings (SSSR count). The van der Waals surface area contributed by atoms with Gasteiger partial charge in [-0.1, -0.05) is 18.2 Å². The van der Waals surface area contributed by atoms with Gasteiger partial charge in [-0.25, -0.2) is 12.5 Å². The normalized spacial score (nSPS) is 23.8. The van der Waals surface area contributed by atoms with Gasteiger partial charge in [0.2, 0.25) is 11.8 Å². The number of carbonyl (C=O) groups excluding carboxylic acids is 3. The molecule has 1 aromatic carbocycles. The summed E-state index contributed by atoms with van der Waals surface area (Å²) in [5.74, 6) is -2.70. The van der Waals surface area contributed by atoms with Crippen LogP contribution in [-0.2, 0) is 62.8 Å². The van der Waals surface area contributed by atoms with Crippen molar-refractivity contribution in [3.63, 3.8) is 0 Å². The van der Waals surface area contributed by atoms with Crippen LogP contribution in [0, 0.1) is 0 Å². The second-order valence-corrected chi connectivity index (χ2v) is 11.0. The van der Waals surface area contributed by atoms with E-state index >= 15 is 0 Å². The number of ether oxygens (including phenoxy) is 2. The maximum atomic E-state index is 12.6. The molecule has 1 aliphatic heterocycles. The van der Waals surface area contributed by atoms with E-state index in [1.165, 1.54) is 24.3 Å². The minimum Gasteiger partial charge on any atom is -0.353 e. The Labute approximate surface area is 228 Å². The van der Waals surface area contributed by atoms with Crippen LogP contribution in [0.4, 0.5) is 0 Å². The van der Waals surface area contributed by atoms with Crippen LogP contribution in [0.2, 0.25) is 0 Å². The molecule has 0 spiro atoms. The molecule has 0 aliphatic carbocycles. The van der Waals surface area contributed by atoms with Gasteiger partial charge in [-0.3, -0.25) is 32.9 Å². The minimum atomic E-state index is -5.54. The van der Waals surface area contributed by atoms with Gasteiger partial charge < -0.3 is 14.8 Å². The molecule has 19 nitrogen and oxygen atoms in total. The highest BCUT2D eigenvalue weighted by Crippen LogP contribution is 2.31. The number of hydrogen-bond donors (Lipinski definition) is 4. The summed E-state index contributed by atoms with van der Waals surface area (Å²) in [6, 6.07) is 7.40. The Kier molecular flexibility index (Phi) is 11.2. The highest BCUT2D eigenvalue weighted by atomic mass is 32.3. The Hall–Kier alpha value is -2.64. The second-order valence-electron chi connectivity index (χ2n) is 7.82. The van der Waals surface area contributed by atoms with E-state index in [-0.39, 0.29) is 5.56 Å². The van der Waals surface area contributed by atoms with E-state index in [0.717, 1.165) is 14.0 Å². The molecule has 0 bridgehead atoms. The van der Waals surface area contributed by atoms with Gasteiger partial charge in [-0.05, 0) is 12.1 Å². The molecule has 22 heteroatoms. The van der Waals surface area contributed by atoms with Gasteiger partial charge in [-0.15, -0.1) is 0 Å². The molecule has 0 aromatic heterocycles. The topological polar surface area (TPSA) is 276 Å². The molecule has 5 atom stereocenters. The highest BCUT2D eigenvalue weighted by molar-refractivity contribution is 7.81. The molecule has 1 aromatic rings. The third kappa shape index (κ3) is 10.4. The molecule has 1 fully saturated rings. The summed E-state index contributed by atoms with van der Waals surface area (Å²) in [5, 5.41) is 2.15. The molecule has 40 heavy (non-hydrogen) atoms. The maximum Gasteiger partial charge on any atom is 0.397 e. The van der Waals surface area contributed by atoms with Crippen molar-refractivity contribution < 1.29 is 75.3 Å². The van der Waals surface area contributed by atoms with Crippen LogP contribution in [0.1, 0.15) is 17.3 Å². The first-order valence-corrected chi connectivity index (χ1v) is 14.7. The average Bonchev–Trinajstić information content (AvgIpc) is 2.81. The smallest absolute Gasteiger partial charge is 0.353 e. The van der Waals surface area contributed by atoms with Crippen molar-refractivity contribution in [3.8, 4) is 0 Å². The van der Waals surface area contributed by atoms with E-state index < -0.39 is 92.7 Å². The van der Waals surface area contributed by atoms with Crippen molar-refractivity contribution in [2.24, 2.45) is 0 Å². The van der Waals surface area contributed by atoms with Crippen LogP contribution in [0.15, 0.2) is 30.3 Å². The van der Waals surface area contributed by atoms with Gasteiger partial charge >= 0.3 is 31.2 Å². The van der Waals surface area contributed by atoms with Crippen LogP contribution in [0.3, 0.4) is 0 Å². The highest BCUT2D eigenvalue weighted by Gasteiger charge is 2.53. The lowest BCUT2D eigenvalue weighted by Gasteiger charge is -2.43. The van der Waals surface area contributed by atoms with Gasteiger partial charge in [0.05, 0.1) is 0 Å². The van der Waals surface area contributed by atoms with Crippen LogP contribution < -0.4 is 5.32 Å². The lowest BCUT2D eigenvalue weighted by Crippen LogP contribution is -2.64. The summed E-state index contributed by atoms with van der Waals surface area (Å²) in [6.45, 7) is -0.690. The number of benzene rings is 1. The van der Waals surface area contributed by atoms with E-state index in [0.29, 0.717) is 4.90 Å². The standard InChI is InChI=1S/C18H24N2O17S3/c1-10(21)20(17(23)11-6-4-3-5-7-11)9-13(22)19-8-12-14(35-38(24,25)26)15(36-39(27,28)29)16(18(33-2)34-12)37-40(30,31)32/h3-7,12,14-16,18H,8-9H2,1-2H3,(H,19,22)(H,24,25,26)(H,27,28,29)(H,30,31,32)/t12-,14-,15+,16+,18+/m1/s1. The predicted octanol–water partition coefficient (Wildman–Crippen LogP) is -2.27. The molecule has 226 valence electrons. The van der Waals surface area contributed by atoms with Crippen LogP contribution in [0.25, 0.3) is 0 Å². The van der Waals surface area contributed by atoms with Gasteiger partial charge in [0.25, 0.3) is 5.91 Å². The molecule has 4 N–H and O–H groups in total. The first kappa shape index (κ1) is 33.6. The van der Waals surface area contributed by atoms with Gasteiger partial charge in [0, 0.05) is 26.1 Å². The Morgan fingerprint density at radius 1 is 0.875 bits per heavy atom. The fourth-order valence-corrected chi connectivity index (χ4v) is 4.95. The quantitative estimate of drug-likeness (QED) is 0.176. The average molecular weight is 637 g/mol. The van der Waals surface area contributed by atoms with Gasteiger partial charge in [-0.2, -0.15) is 25.3 Å². The Morgan fingerprint density at radius 3 is 1.85 bits per heavy atom. The van der Waals surface area contributed by atoms with Crippen LogP contribution in [-0.4, -0.2) is 112 Å². The maximum absolute atomic E-state index is 12.6. The van der Waals surface area contributed by atoms with Crippen molar-refractivity contribution in [1.29, 1.82) is 0 Å². The Balaban J connectivity index is 2.34. The van der Waals surface area contributed by atoms with Gasteiger partial charge in [0.15, 0.2) is 12.4 Å². The summed E-state index contributed by atoms with van der Waals surface area (Å²) >= 11 is 0. The van der Waals surface area contributed by atoms with E-state index in [2.05, 4.69) is 17.9 Å². The fraction of sp³-hybridized carbons (Fsp3) is 0.500. The van der Waals surface area contributed by atoms with E-state index in [4.69, 9.17) is 18.6 Å². The first-order chi connectivity index (χ1) is 18.3. The van der Waals surface area contributed by atoms with E-state index in [9.17, 15) is 44.2 Å². The molecule has 1 saturated heterocycles. The van der Waals surface area contributed by atoms with Crippen molar-refractivity contribution >= 4 is 48.9 Å². The third-order valence-corrected chi connectivity index (χ3v) is 6.37.